The van der Waals surface area contributed by atoms with Crippen LogP contribution in [0, 0.1) is 13.8 Å². The van der Waals surface area contributed by atoms with Crippen molar-refractivity contribution < 1.29 is 4.74 Å². The van der Waals surface area contributed by atoms with Crippen molar-refractivity contribution in [3.05, 3.63) is 46.7 Å². The number of hydrogen-bond donors (Lipinski definition) is 1. The Morgan fingerprint density at radius 3 is 2.75 bits per heavy atom. The molecule has 0 aliphatic carbocycles. The van der Waals surface area contributed by atoms with Crippen molar-refractivity contribution in [1.82, 2.24) is 19.5 Å². The van der Waals surface area contributed by atoms with Crippen molar-refractivity contribution in [2.45, 2.75) is 20.3 Å². The van der Waals surface area contributed by atoms with E-state index in [0.717, 1.165) is 79.8 Å². The normalized spacial score (nSPS) is 15.2. The summed E-state index contributed by atoms with van der Waals surface area (Å²) < 4.78 is 7.31. The number of rotatable bonds is 6. The molecule has 0 bridgehead atoms. The molecule has 0 amide bonds. The van der Waals surface area contributed by atoms with E-state index in [1.54, 1.807) is 0 Å². The molecule has 1 N–H and O–H groups in total. The Hall–Kier alpha value is -2.15. The maximum Gasteiger partial charge on any atom is 0.165 e. The summed E-state index contributed by atoms with van der Waals surface area (Å²) in [4.78, 5) is 7.21. The van der Waals surface area contributed by atoms with Crippen LogP contribution in [0.4, 0.5) is 5.82 Å². The smallest absolute Gasteiger partial charge is 0.165 e. The number of benzene rings is 1. The molecule has 148 valence electrons. The Morgan fingerprint density at radius 2 is 1.96 bits per heavy atom. The quantitative estimate of drug-likeness (QED) is 0.639. The zero-order valence-electron chi connectivity index (χ0n) is 16.4. The molecule has 1 aromatic carbocycles. The second-order valence-electron chi connectivity index (χ2n) is 7.19. The number of fused-ring (bicyclic) bond motifs is 1. The second kappa shape index (κ2) is 8.47. The lowest BCUT2D eigenvalue weighted by atomic mass is 10.1. The standard InChI is InChI=1S/C21H26ClN5O/c1-15-14-19(23-8-5-9-26-10-12-28-13-11-26)27-21(24-15)20(16(2)25-27)17-6-3-4-7-18(17)22/h3-4,6-7,14,23H,5,8-13H2,1-2H3. The number of ether oxygens (including phenoxy) is 1. The highest BCUT2D eigenvalue weighted by Gasteiger charge is 2.18. The van der Waals surface area contributed by atoms with Crippen LogP contribution in [0.25, 0.3) is 16.8 Å². The van der Waals surface area contributed by atoms with Gasteiger partial charge in [0.1, 0.15) is 5.82 Å². The van der Waals surface area contributed by atoms with E-state index in [1.165, 1.54) is 0 Å². The summed E-state index contributed by atoms with van der Waals surface area (Å²) in [7, 11) is 0. The van der Waals surface area contributed by atoms with Gasteiger partial charge in [0.2, 0.25) is 0 Å². The maximum atomic E-state index is 6.45. The average molecular weight is 400 g/mol. The minimum absolute atomic E-state index is 0.712. The fourth-order valence-corrected chi connectivity index (χ4v) is 3.92. The molecule has 1 fully saturated rings. The van der Waals surface area contributed by atoms with Crippen molar-refractivity contribution in [2.75, 3.05) is 44.7 Å². The average Bonchev–Trinajstić information content (AvgIpc) is 3.02. The summed E-state index contributed by atoms with van der Waals surface area (Å²) in [6, 6.07) is 9.90. The van der Waals surface area contributed by atoms with E-state index in [9.17, 15) is 0 Å². The third kappa shape index (κ3) is 3.99. The summed E-state index contributed by atoms with van der Waals surface area (Å²) >= 11 is 6.45. The number of aryl methyl sites for hydroxylation is 2. The van der Waals surface area contributed by atoms with Gasteiger partial charge in [-0.25, -0.2) is 4.98 Å². The molecule has 0 saturated carbocycles. The molecule has 4 rings (SSSR count). The molecule has 6 nitrogen and oxygen atoms in total. The molecule has 2 aromatic heterocycles. The lowest BCUT2D eigenvalue weighted by molar-refractivity contribution is 0.0378. The maximum absolute atomic E-state index is 6.45. The molecule has 1 saturated heterocycles. The minimum atomic E-state index is 0.712. The number of halogens is 1. The highest BCUT2D eigenvalue weighted by Crippen LogP contribution is 2.33. The summed E-state index contributed by atoms with van der Waals surface area (Å²) in [5.41, 5.74) is 4.67. The lowest BCUT2D eigenvalue weighted by Crippen LogP contribution is -2.37. The van der Waals surface area contributed by atoms with Crippen molar-refractivity contribution >= 4 is 23.1 Å². The minimum Gasteiger partial charge on any atom is -0.379 e. The molecule has 3 aromatic rings. The Labute approximate surface area is 170 Å². The largest absolute Gasteiger partial charge is 0.379 e. The molecule has 7 heteroatoms. The molecule has 0 unspecified atom stereocenters. The molecule has 0 radical (unpaired) electrons. The predicted molar refractivity (Wildman–Crippen MR) is 113 cm³/mol. The SMILES string of the molecule is Cc1cc(NCCCN2CCOCC2)n2nc(C)c(-c3ccccc3Cl)c2n1. The number of hydrogen-bond acceptors (Lipinski definition) is 5. The van der Waals surface area contributed by atoms with E-state index in [-0.39, 0.29) is 0 Å². The lowest BCUT2D eigenvalue weighted by Gasteiger charge is -2.26. The van der Waals surface area contributed by atoms with Gasteiger partial charge in [-0.1, -0.05) is 29.8 Å². The first-order chi connectivity index (χ1) is 13.6. The van der Waals surface area contributed by atoms with Crippen LogP contribution in [0.15, 0.2) is 30.3 Å². The van der Waals surface area contributed by atoms with Crippen molar-refractivity contribution in [1.29, 1.82) is 0 Å². The zero-order chi connectivity index (χ0) is 19.5. The van der Waals surface area contributed by atoms with Crippen LogP contribution in [-0.2, 0) is 4.74 Å². The van der Waals surface area contributed by atoms with Crippen molar-refractivity contribution in [2.24, 2.45) is 0 Å². The molecular formula is C21H26ClN5O. The molecule has 0 atom stereocenters. The first-order valence-corrected chi connectivity index (χ1v) is 10.2. The molecule has 0 spiro atoms. The highest BCUT2D eigenvalue weighted by atomic mass is 35.5. The number of anilines is 1. The van der Waals surface area contributed by atoms with E-state index < -0.39 is 0 Å². The highest BCUT2D eigenvalue weighted by molar-refractivity contribution is 6.33. The Morgan fingerprint density at radius 1 is 1.18 bits per heavy atom. The van der Waals surface area contributed by atoms with Gasteiger partial charge in [-0.3, -0.25) is 4.90 Å². The summed E-state index contributed by atoms with van der Waals surface area (Å²) in [5.74, 6) is 0.964. The van der Waals surface area contributed by atoms with Gasteiger partial charge in [0.15, 0.2) is 5.65 Å². The Balaban J connectivity index is 1.56. The summed E-state index contributed by atoms with van der Waals surface area (Å²) in [6.45, 7) is 9.71. The fourth-order valence-electron chi connectivity index (χ4n) is 3.69. The van der Waals surface area contributed by atoms with Crippen LogP contribution in [0.3, 0.4) is 0 Å². The second-order valence-corrected chi connectivity index (χ2v) is 7.60. The topological polar surface area (TPSA) is 54.7 Å². The zero-order valence-corrected chi connectivity index (χ0v) is 17.2. The van der Waals surface area contributed by atoms with Gasteiger partial charge < -0.3 is 10.1 Å². The van der Waals surface area contributed by atoms with Gasteiger partial charge in [0.25, 0.3) is 0 Å². The first kappa shape index (κ1) is 19.2. The third-order valence-electron chi connectivity index (χ3n) is 5.10. The van der Waals surface area contributed by atoms with Gasteiger partial charge in [-0.15, -0.1) is 0 Å². The van der Waals surface area contributed by atoms with Crippen molar-refractivity contribution in [3.63, 3.8) is 0 Å². The van der Waals surface area contributed by atoms with Crippen LogP contribution in [0.5, 0.6) is 0 Å². The number of morpholine rings is 1. The van der Waals surface area contributed by atoms with Gasteiger partial charge in [-0.05, 0) is 32.9 Å². The van der Waals surface area contributed by atoms with Gasteiger partial charge in [-0.2, -0.15) is 9.61 Å². The van der Waals surface area contributed by atoms with Crippen LogP contribution in [-0.4, -0.2) is 58.9 Å². The summed E-state index contributed by atoms with van der Waals surface area (Å²) in [6.07, 6.45) is 1.07. The molecule has 1 aliphatic rings. The molecular weight excluding hydrogens is 374 g/mol. The van der Waals surface area contributed by atoms with Crippen LogP contribution < -0.4 is 5.32 Å². The third-order valence-corrected chi connectivity index (χ3v) is 5.43. The molecule has 1 aliphatic heterocycles. The number of nitrogens with zero attached hydrogens (tertiary/aromatic N) is 4. The molecule has 3 heterocycles. The van der Waals surface area contributed by atoms with Gasteiger partial charge >= 0.3 is 0 Å². The van der Waals surface area contributed by atoms with Crippen LogP contribution in [0.2, 0.25) is 5.02 Å². The Kier molecular flexibility index (Phi) is 5.80. The van der Waals surface area contributed by atoms with E-state index in [0.29, 0.717) is 5.02 Å². The van der Waals surface area contributed by atoms with E-state index in [4.69, 9.17) is 26.4 Å². The summed E-state index contributed by atoms with van der Waals surface area (Å²) in [5, 5.41) is 9.00. The number of aromatic nitrogens is 3. The monoisotopic (exact) mass is 399 g/mol. The fraction of sp³-hybridized carbons (Fsp3) is 0.429. The molecule has 28 heavy (non-hydrogen) atoms. The van der Waals surface area contributed by atoms with Gasteiger partial charge in [0.05, 0.1) is 24.5 Å². The Bertz CT molecular complexity index is 965. The number of nitrogens with one attached hydrogen (secondary N) is 1. The predicted octanol–water partition coefficient (Wildman–Crippen LogP) is 3.80. The first-order valence-electron chi connectivity index (χ1n) is 9.79. The van der Waals surface area contributed by atoms with E-state index >= 15 is 0 Å². The van der Waals surface area contributed by atoms with Crippen LogP contribution in [0.1, 0.15) is 17.8 Å². The van der Waals surface area contributed by atoms with E-state index in [1.807, 2.05) is 48.7 Å². The van der Waals surface area contributed by atoms with Crippen LogP contribution >= 0.6 is 11.6 Å². The van der Waals surface area contributed by atoms with Gasteiger partial charge in [0, 0.05) is 42.0 Å². The van der Waals surface area contributed by atoms with E-state index in [2.05, 4.69) is 10.2 Å². The van der Waals surface area contributed by atoms with Crippen molar-refractivity contribution in [3.8, 4) is 11.1 Å².